The summed E-state index contributed by atoms with van der Waals surface area (Å²) < 4.78 is 0. The zero-order valence-electron chi connectivity index (χ0n) is 11.6. The molecule has 2 rings (SSSR count). The van der Waals surface area contributed by atoms with Crippen LogP contribution in [0.25, 0.3) is 0 Å². The largest absolute Gasteiger partial charge is 0.278 e. The molecular formula is C15H14ClN3O2. The van der Waals surface area contributed by atoms with Crippen LogP contribution in [0.5, 0.6) is 0 Å². The van der Waals surface area contributed by atoms with Crippen LogP contribution in [0.4, 0.5) is 11.4 Å². The van der Waals surface area contributed by atoms with Gasteiger partial charge in [-0.3, -0.25) is 15.5 Å². The van der Waals surface area contributed by atoms with E-state index in [9.17, 15) is 10.1 Å². The van der Waals surface area contributed by atoms with E-state index in [-0.39, 0.29) is 5.69 Å². The quantitative estimate of drug-likeness (QED) is 0.517. The lowest BCUT2D eigenvalue weighted by Crippen LogP contribution is -2.00. The lowest BCUT2D eigenvalue weighted by molar-refractivity contribution is -0.384. The Morgan fingerprint density at radius 2 is 1.90 bits per heavy atom. The summed E-state index contributed by atoms with van der Waals surface area (Å²) in [7, 11) is 0. The van der Waals surface area contributed by atoms with Gasteiger partial charge in [-0.05, 0) is 49.2 Å². The zero-order chi connectivity index (χ0) is 15.4. The Bertz CT molecular complexity index is 697. The summed E-state index contributed by atoms with van der Waals surface area (Å²) in [5.41, 5.74) is 6.30. The van der Waals surface area contributed by atoms with E-state index in [0.717, 1.165) is 22.5 Å². The maximum atomic E-state index is 10.6. The fraction of sp³-hybridized carbons (Fsp3) is 0.133. The molecule has 0 aliphatic rings. The first-order valence-electron chi connectivity index (χ1n) is 6.28. The van der Waals surface area contributed by atoms with Crippen molar-refractivity contribution in [3.8, 4) is 0 Å². The molecule has 0 saturated carbocycles. The molecule has 0 heterocycles. The lowest BCUT2D eigenvalue weighted by Gasteiger charge is -2.05. The number of halogens is 1. The Hall–Kier alpha value is -2.40. The van der Waals surface area contributed by atoms with Crippen molar-refractivity contribution >= 4 is 28.7 Å². The van der Waals surface area contributed by atoms with Crippen molar-refractivity contribution in [1.29, 1.82) is 0 Å². The summed E-state index contributed by atoms with van der Waals surface area (Å²) in [6.07, 6.45) is 0. The molecule has 0 radical (unpaired) electrons. The first-order chi connectivity index (χ1) is 9.97. The van der Waals surface area contributed by atoms with E-state index < -0.39 is 4.92 Å². The standard InChI is InChI=1S/C15H14ClN3O2/c1-10-3-6-13(9-15(10)16)18-17-11(2)12-4-7-14(8-5-12)19(20)21/h3-9,18H,1-2H3/b17-11+. The average Bonchev–Trinajstić information content (AvgIpc) is 2.48. The van der Waals surface area contributed by atoms with Crippen molar-refractivity contribution in [2.45, 2.75) is 13.8 Å². The number of nitrogens with one attached hydrogen (secondary N) is 1. The van der Waals surface area contributed by atoms with Crippen LogP contribution in [0.15, 0.2) is 47.6 Å². The van der Waals surface area contributed by atoms with E-state index in [4.69, 9.17) is 11.6 Å². The topological polar surface area (TPSA) is 67.5 Å². The van der Waals surface area contributed by atoms with E-state index in [2.05, 4.69) is 10.5 Å². The van der Waals surface area contributed by atoms with Gasteiger partial charge in [-0.25, -0.2) is 0 Å². The Balaban J connectivity index is 2.13. The van der Waals surface area contributed by atoms with Crippen LogP contribution in [0.2, 0.25) is 5.02 Å². The van der Waals surface area contributed by atoms with Crippen LogP contribution in [0.3, 0.4) is 0 Å². The summed E-state index contributed by atoms with van der Waals surface area (Å²) in [4.78, 5) is 10.2. The number of nitrogens with zero attached hydrogens (tertiary/aromatic N) is 2. The molecule has 0 amide bonds. The van der Waals surface area contributed by atoms with Gasteiger partial charge in [-0.1, -0.05) is 17.7 Å². The molecule has 5 nitrogen and oxygen atoms in total. The van der Waals surface area contributed by atoms with Crippen molar-refractivity contribution in [1.82, 2.24) is 0 Å². The third kappa shape index (κ3) is 3.79. The predicted molar refractivity (Wildman–Crippen MR) is 85.1 cm³/mol. The molecule has 0 saturated heterocycles. The number of rotatable bonds is 4. The Labute approximate surface area is 127 Å². The molecule has 0 fully saturated rings. The second kappa shape index (κ2) is 6.37. The minimum atomic E-state index is -0.428. The number of aryl methyl sites for hydroxylation is 1. The van der Waals surface area contributed by atoms with Crippen LogP contribution in [-0.4, -0.2) is 10.6 Å². The summed E-state index contributed by atoms with van der Waals surface area (Å²) in [5.74, 6) is 0. The normalized spacial score (nSPS) is 11.3. The second-order valence-corrected chi connectivity index (χ2v) is 4.98. The Kier molecular flexibility index (Phi) is 4.55. The van der Waals surface area contributed by atoms with E-state index in [1.807, 2.05) is 26.0 Å². The molecular weight excluding hydrogens is 290 g/mol. The van der Waals surface area contributed by atoms with Gasteiger partial charge in [0.15, 0.2) is 0 Å². The lowest BCUT2D eigenvalue weighted by atomic mass is 10.1. The first-order valence-corrected chi connectivity index (χ1v) is 6.66. The summed E-state index contributed by atoms with van der Waals surface area (Å²) in [5, 5.41) is 15.5. The summed E-state index contributed by atoms with van der Waals surface area (Å²) >= 11 is 6.04. The minimum absolute atomic E-state index is 0.0600. The van der Waals surface area contributed by atoms with Crippen molar-refractivity contribution in [3.05, 3.63) is 68.7 Å². The molecule has 0 aliphatic carbocycles. The summed E-state index contributed by atoms with van der Waals surface area (Å²) in [6.45, 7) is 3.75. The van der Waals surface area contributed by atoms with Crippen LogP contribution in [0.1, 0.15) is 18.1 Å². The van der Waals surface area contributed by atoms with Gasteiger partial charge in [-0.15, -0.1) is 0 Å². The van der Waals surface area contributed by atoms with Gasteiger partial charge in [0.2, 0.25) is 0 Å². The van der Waals surface area contributed by atoms with Crippen molar-refractivity contribution in [2.24, 2.45) is 5.10 Å². The number of nitro benzene ring substituents is 1. The van der Waals surface area contributed by atoms with E-state index in [0.29, 0.717) is 5.02 Å². The van der Waals surface area contributed by atoms with E-state index in [1.165, 1.54) is 12.1 Å². The average molecular weight is 304 g/mol. The highest BCUT2D eigenvalue weighted by molar-refractivity contribution is 6.31. The number of benzene rings is 2. The highest BCUT2D eigenvalue weighted by Gasteiger charge is 2.05. The summed E-state index contributed by atoms with van der Waals surface area (Å²) in [6, 6.07) is 11.8. The molecule has 1 N–H and O–H groups in total. The van der Waals surface area contributed by atoms with Gasteiger partial charge in [0.25, 0.3) is 5.69 Å². The molecule has 2 aromatic rings. The molecule has 2 aromatic carbocycles. The zero-order valence-corrected chi connectivity index (χ0v) is 12.4. The number of hydrogen-bond acceptors (Lipinski definition) is 4. The molecule has 0 atom stereocenters. The third-order valence-electron chi connectivity index (χ3n) is 3.02. The van der Waals surface area contributed by atoms with Crippen molar-refractivity contribution < 1.29 is 4.92 Å². The van der Waals surface area contributed by atoms with Gasteiger partial charge < -0.3 is 0 Å². The molecule has 0 aromatic heterocycles. The molecule has 108 valence electrons. The van der Waals surface area contributed by atoms with Gasteiger partial charge in [-0.2, -0.15) is 5.10 Å². The van der Waals surface area contributed by atoms with Crippen LogP contribution in [0, 0.1) is 17.0 Å². The molecule has 6 heteroatoms. The minimum Gasteiger partial charge on any atom is -0.278 e. The predicted octanol–water partition coefficient (Wildman–Crippen LogP) is 4.39. The molecule has 21 heavy (non-hydrogen) atoms. The number of hydrazone groups is 1. The fourth-order valence-corrected chi connectivity index (χ4v) is 1.88. The first kappa shape index (κ1) is 15.0. The Morgan fingerprint density at radius 3 is 2.48 bits per heavy atom. The monoisotopic (exact) mass is 303 g/mol. The van der Waals surface area contributed by atoms with Gasteiger partial charge in [0.1, 0.15) is 0 Å². The number of nitro groups is 1. The number of non-ortho nitro benzene ring substituents is 1. The van der Waals surface area contributed by atoms with Crippen LogP contribution < -0.4 is 5.43 Å². The Morgan fingerprint density at radius 1 is 1.24 bits per heavy atom. The molecule has 0 bridgehead atoms. The van der Waals surface area contributed by atoms with Gasteiger partial charge in [0, 0.05) is 17.2 Å². The molecule has 0 aliphatic heterocycles. The number of hydrogen-bond donors (Lipinski definition) is 1. The van der Waals surface area contributed by atoms with Gasteiger partial charge >= 0.3 is 0 Å². The molecule has 0 spiro atoms. The van der Waals surface area contributed by atoms with Crippen molar-refractivity contribution in [2.75, 3.05) is 5.43 Å². The van der Waals surface area contributed by atoms with Crippen molar-refractivity contribution in [3.63, 3.8) is 0 Å². The smallest absolute Gasteiger partial charge is 0.269 e. The van der Waals surface area contributed by atoms with Crippen LogP contribution in [-0.2, 0) is 0 Å². The maximum absolute atomic E-state index is 10.6. The van der Waals surface area contributed by atoms with E-state index in [1.54, 1.807) is 18.2 Å². The SMILES string of the molecule is C/C(=N\Nc1ccc(C)c(Cl)c1)c1ccc([N+](=O)[O-])cc1. The highest BCUT2D eigenvalue weighted by Crippen LogP contribution is 2.20. The maximum Gasteiger partial charge on any atom is 0.269 e. The van der Waals surface area contributed by atoms with Gasteiger partial charge in [0.05, 0.1) is 16.3 Å². The second-order valence-electron chi connectivity index (χ2n) is 4.58. The molecule has 0 unspecified atom stereocenters. The highest BCUT2D eigenvalue weighted by atomic mass is 35.5. The van der Waals surface area contributed by atoms with Crippen LogP contribution >= 0.6 is 11.6 Å². The number of anilines is 1. The fourth-order valence-electron chi connectivity index (χ4n) is 1.70. The van der Waals surface area contributed by atoms with E-state index >= 15 is 0 Å². The third-order valence-corrected chi connectivity index (χ3v) is 3.43.